The highest BCUT2D eigenvalue weighted by Crippen LogP contribution is 2.40. The van der Waals surface area contributed by atoms with Crippen molar-refractivity contribution in [1.82, 2.24) is 0 Å². The quantitative estimate of drug-likeness (QED) is 0.623. The van der Waals surface area contributed by atoms with Crippen LogP contribution in [0.5, 0.6) is 0 Å². The second kappa shape index (κ2) is 8.34. The van der Waals surface area contributed by atoms with Crippen LogP contribution in [-0.2, 0) is 13.0 Å². The molecule has 1 rings (SSSR count). The summed E-state index contributed by atoms with van der Waals surface area (Å²) in [6.45, 7) is 13.8. The average Bonchev–Trinajstić information content (AvgIpc) is 2.46. The lowest BCUT2D eigenvalue weighted by molar-refractivity contribution is 0.281. The molecule has 0 spiro atoms. The Bertz CT molecular complexity index is 607. The van der Waals surface area contributed by atoms with Crippen molar-refractivity contribution in [2.75, 3.05) is 0 Å². The van der Waals surface area contributed by atoms with Gasteiger partial charge in [0.25, 0.3) is 0 Å². The Balaban J connectivity index is 3.37. The molecular formula is C20H29NOSi. The van der Waals surface area contributed by atoms with Gasteiger partial charge in [-0.15, -0.1) is 5.54 Å². The first kappa shape index (κ1) is 19.5. The van der Waals surface area contributed by atoms with Crippen molar-refractivity contribution >= 4 is 8.07 Å². The lowest BCUT2D eigenvalue weighted by Crippen LogP contribution is -2.43. The number of aliphatic hydroxyl groups excluding tert-OH is 1. The minimum absolute atomic E-state index is 0.0188. The molecule has 23 heavy (non-hydrogen) atoms. The largest absolute Gasteiger partial charge is 0.392 e. The summed E-state index contributed by atoms with van der Waals surface area (Å²) in [5.41, 5.74) is 8.14. The summed E-state index contributed by atoms with van der Waals surface area (Å²) in [7, 11) is -1.76. The molecule has 0 aromatic heterocycles. The minimum atomic E-state index is -1.76. The molecule has 2 nitrogen and oxygen atoms in total. The fraction of sp³-hybridized carbons (Fsp3) is 0.550. The van der Waals surface area contributed by atoms with Gasteiger partial charge in [0.2, 0.25) is 0 Å². The molecule has 0 fully saturated rings. The Kier molecular flexibility index (Phi) is 7.07. The van der Waals surface area contributed by atoms with Gasteiger partial charge in [0.05, 0.1) is 19.1 Å². The third kappa shape index (κ3) is 4.47. The molecular weight excluding hydrogens is 298 g/mol. The van der Waals surface area contributed by atoms with Crippen LogP contribution in [0.1, 0.15) is 58.2 Å². The maximum Gasteiger partial charge on any atom is 0.146 e. The van der Waals surface area contributed by atoms with Gasteiger partial charge in [-0.1, -0.05) is 53.5 Å². The lowest BCUT2D eigenvalue weighted by atomic mass is 10.0. The molecule has 1 N–H and O–H groups in total. The van der Waals surface area contributed by atoms with Crippen molar-refractivity contribution < 1.29 is 5.11 Å². The van der Waals surface area contributed by atoms with Crippen LogP contribution >= 0.6 is 0 Å². The van der Waals surface area contributed by atoms with E-state index >= 15 is 0 Å². The zero-order chi connectivity index (χ0) is 17.6. The predicted octanol–water partition coefficient (Wildman–Crippen LogP) is 4.81. The number of hydrogen-bond acceptors (Lipinski definition) is 2. The van der Waals surface area contributed by atoms with Gasteiger partial charge < -0.3 is 5.11 Å². The van der Waals surface area contributed by atoms with Crippen LogP contribution in [0.25, 0.3) is 0 Å². The van der Waals surface area contributed by atoms with Gasteiger partial charge in [0.15, 0.2) is 0 Å². The Morgan fingerprint density at radius 3 is 1.91 bits per heavy atom. The molecule has 0 aliphatic rings. The third-order valence-corrected chi connectivity index (χ3v) is 11.1. The Labute approximate surface area is 142 Å². The smallest absolute Gasteiger partial charge is 0.146 e. The number of nitriles is 1. The lowest BCUT2D eigenvalue weighted by Gasteiger charge is -2.38. The fourth-order valence-corrected chi connectivity index (χ4v) is 8.96. The summed E-state index contributed by atoms with van der Waals surface area (Å²) >= 11 is 0. The van der Waals surface area contributed by atoms with E-state index in [-0.39, 0.29) is 6.61 Å². The normalized spacial score (nSPS) is 11.5. The van der Waals surface area contributed by atoms with E-state index in [0.717, 1.165) is 16.7 Å². The van der Waals surface area contributed by atoms with Crippen molar-refractivity contribution in [1.29, 1.82) is 5.26 Å². The minimum Gasteiger partial charge on any atom is -0.392 e. The third-order valence-electron chi connectivity index (χ3n) is 4.81. The first-order valence-corrected chi connectivity index (χ1v) is 10.6. The van der Waals surface area contributed by atoms with Crippen LogP contribution in [0.3, 0.4) is 0 Å². The second-order valence-electron chi connectivity index (χ2n) is 7.18. The molecule has 0 radical (unpaired) electrons. The summed E-state index contributed by atoms with van der Waals surface area (Å²) in [6, 6.07) is 7.97. The molecule has 0 saturated heterocycles. The van der Waals surface area contributed by atoms with Gasteiger partial charge in [-0.3, -0.25) is 0 Å². The molecule has 0 unspecified atom stereocenters. The van der Waals surface area contributed by atoms with E-state index in [2.05, 4.69) is 59.1 Å². The van der Waals surface area contributed by atoms with Gasteiger partial charge in [0.1, 0.15) is 8.07 Å². The highest BCUT2D eigenvalue weighted by molar-refractivity contribution is 6.90. The van der Waals surface area contributed by atoms with Gasteiger partial charge >= 0.3 is 0 Å². The Morgan fingerprint density at radius 1 is 0.957 bits per heavy atom. The van der Waals surface area contributed by atoms with E-state index in [1.54, 1.807) is 0 Å². The van der Waals surface area contributed by atoms with Crippen molar-refractivity contribution in [2.45, 2.75) is 71.2 Å². The number of aliphatic hydroxyl groups is 1. The SMILES string of the molecule is CC(C)[Si](C#Cc1cc(CO)cc(CC#N)c1)(C(C)C)C(C)C. The molecule has 1 aromatic carbocycles. The predicted molar refractivity (Wildman–Crippen MR) is 99.6 cm³/mol. The Hall–Kier alpha value is -1.55. The molecule has 0 heterocycles. The van der Waals surface area contributed by atoms with E-state index in [1.165, 1.54) is 0 Å². The second-order valence-corrected chi connectivity index (χ2v) is 12.8. The first-order chi connectivity index (χ1) is 10.8. The topological polar surface area (TPSA) is 44.0 Å². The van der Waals surface area contributed by atoms with Gasteiger partial charge in [-0.25, -0.2) is 0 Å². The van der Waals surface area contributed by atoms with Crippen LogP contribution < -0.4 is 0 Å². The van der Waals surface area contributed by atoms with Crippen LogP contribution in [0.2, 0.25) is 16.6 Å². The highest BCUT2D eigenvalue weighted by atomic mass is 28.3. The van der Waals surface area contributed by atoms with Gasteiger partial charge in [-0.05, 0) is 39.9 Å². The average molecular weight is 328 g/mol. The number of rotatable bonds is 5. The van der Waals surface area contributed by atoms with Crippen molar-refractivity contribution in [3.05, 3.63) is 34.9 Å². The van der Waals surface area contributed by atoms with Crippen LogP contribution in [0.4, 0.5) is 0 Å². The molecule has 3 heteroatoms. The number of benzene rings is 1. The fourth-order valence-electron chi connectivity index (χ4n) is 3.73. The van der Waals surface area contributed by atoms with E-state index in [4.69, 9.17) is 5.26 Å². The number of hydrogen-bond donors (Lipinski definition) is 1. The molecule has 124 valence electrons. The summed E-state index contributed by atoms with van der Waals surface area (Å²) in [5, 5.41) is 18.3. The van der Waals surface area contributed by atoms with Gasteiger partial charge in [0, 0.05) is 5.56 Å². The summed E-state index contributed by atoms with van der Waals surface area (Å²) in [4.78, 5) is 0. The van der Waals surface area contributed by atoms with Crippen LogP contribution in [0.15, 0.2) is 18.2 Å². The van der Waals surface area contributed by atoms with Crippen molar-refractivity contribution in [3.63, 3.8) is 0 Å². The van der Waals surface area contributed by atoms with Crippen LogP contribution in [0, 0.1) is 22.8 Å². The maximum absolute atomic E-state index is 9.43. The summed E-state index contributed by atoms with van der Waals surface area (Å²) in [5.74, 6) is 3.39. The number of nitrogens with zero attached hydrogens (tertiary/aromatic N) is 1. The molecule has 1 aromatic rings. The van der Waals surface area contributed by atoms with E-state index in [1.807, 2.05) is 18.2 Å². The molecule has 0 aliphatic carbocycles. The zero-order valence-electron chi connectivity index (χ0n) is 15.3. The van der Waals surface area contributed by atoms with E-state index < -0.39 is 8.07 Å². The summed E-state index contributed by atoms with van der Waals surface area (Å²) < 4.78 is 0. The standard InChI is InChI=1S/C20H29NOSi/c1-15(2)23(16(3)4,17(5)6)10-8-19-11-18(7-9-21)12-20(13-19)14-22/h11-13,15-17,22H,7,14H2,1-6H3. The molecule has 0 atom stereocenters. The van der Waals surface area contributed by atoms with E-state index in [9.17, 15) is 5.11 Å². The molecule has 0 aliphatic heterocycles. The first-order valence-electron chi connectivity index (χ1n) is 8.41. The molecule has 0 bridgehead atoms. The Morgan fingerprint density at radius 2 is 1.48 bits per heavy atom. The van der Waals surface area contributed by atoms with Gasteiger partial charge in [-0.2, -0.15) is 5.26 Å². The van der Waals surface area contributed by atoms with Crippen LogP contribution in [-0.4, -0.2) is 13.2 Å². The summed E-state index contributed by atoms with van der Waals surface area (Å²) in [6.07, 6.45) is 0.351. The molecule has 0 amide bonds. The van der Waals surface area contributed by atoms with Crippen molar-refractivity contribution in [3.8, 4) is 17.5 Å². The zero-order valence-corrected chi connectivity index (χ0v) is 16.3. The van der Waals surface area contributed by atoms with E-state index in [0.29, 0.717) is 23.0 Å². The van der Waals surface area contributed by atoms with Crippen molar-refractivity contribution in [2.24, 2.45) is 0 Å². The maximum atomic E-state index is 9.43. The highest BCUT2D eigenvalue weighted by Gasteiger charge is 2.41. The monoisotopic (exact) mass is 327 g/mol. The molecule has 0 saturated carbocycles.